The van der Waals surface area contributed by atoms with E-state index in [1.807, 2.05) is 26.7 Å². The van der Waals surface area contributed by atoms with Gasteiger partial charge in [0.25, 0.3) is 0 Å². The molecule has 0 heterocycles. The summed E-state index contributed by atoms with van der Waals surface area (Å²) < 4.78 is 0. The van der Waals surface area contributed by atoms with Crippen LogP contribution in [0, 0.1) is 18.8 Å². The van der Waals surface area contributed by atoms with E-state index in [9.17, 15) is 0 Å². The minimum absolute atomic E-state index is 0. The van der Waals surface area contributed by atoms with Gasteiger partial charge in [-0.05, 0) is 6.61 Å². The van der Waals surface area contributed by atoms with Gasteiger partial charge in [0, 0.05) is 39.6 Å². The molecule has 0 saturated carbocycles. The molecule has 0 aliphatic rings. The van der Waals surface area contributed by atoms with Crippen molar-refractivity contribution in [2.75, 3.05) is 6.61 Å². The molecule has 0 aliphatic carbocycles. The van der Waals surface area contributed by atoms with E-state index < -0.39 is 0 Å². The first-order chi connectivity index (χ1) is 3.35. The molecule has 3 heteroatoms. The van der Waals surface area contributed by atoms with Crippen molar-refractivity contribution in [1.82, 2.24) is 0 Å². The molecular formula is C6H12OVW-2. The minimum Gasteiger partial charge on any atom is -0.401 e. The first-order valence-corrected chi connectivity index (χ1v) is 2.55. The molecule has 9 heavy (non-hydrogen) atoms. The Morgan fingerprint density at radius 1 is 1.33 bits per heavy atom. The largest absolute Gasteiger partial charge is 0.401 e. The molecule has 0 aromatic heterocycles. The number of hydrogen-bond acceptors (Lipinski definition) is 1. The maximum absolute atomic E-state index is 8.46. The van der Waals surface area contributed by atoms with Crippen LogP contribution in [0.1, 0.15) is 13.8 Å². The van der Waals surface area contributed by atoms with Gasteiger partial charge >= 0.3 is 0 Å². The molecule has 0 aromatic rings. The molecule has 55 valence electrons. The van der Waals surface area contributed by atoms with Crippen molar-refractivity contribution in [2.45, 2.75) is 13.8 Å². The first kappa shape index (κ1) is 16.7. The molecule has 0 rings (SSSR count). The molecule has 0 aliphatic heterocycles. The molecular weight excluding hydrogens is 323 g/mol. The second-order valence-electron chi connectivity index (χ2n) is 1.51. The Bertz CT molecular complexity index is 34.5. The van der Waals surface area contributed by atoms with Gasteiger partial charge in [0.15, 0.2) is 0 Å². The van der Waals surface area contributed by atoms with E-state index >= 15 is 0 Å². The van der Waals surface area contributed by atoms with Gasteiger partial charge in [-0.15, -0.1) is 0 Å². The molecule has 0 atom stereocenters. The van der Waals surface area contributed by atoms with E-state index in [1.54, 1.807) is 0 Å². The van der Waals surface area contributed by atoms with Gasteiger partial charge in [-0.25, -0.2) is 0 Å². The van der Waals surface area contributed by atoms with Gasteiger partial charge < -0.3 is 17.9 Å². The van der Waals surface area contributed by atoms with Crippen molar-refractivity contribution >= 4 is 0 Å². The third kappa shape index (κ3) is 9.23. The summed E-state index contributed by atoms with van der Waals surface area (Å²) in [4.78, 5) is 0. The van der Waals surface area contributed by atoms with Crippen molar-refractivity contribution in [3.8, 4) is 0 Å². The van der Waals surface area contributed by atoms with Gasteiger partial charge in [-0.2, -0.15) is 13.8 Å². The van der Waals surface area contributed by atoms with Gasteiger partial charge in [0.1, 0.15) is 0 Å². The molecule has 1 N–H and O–H groups in total. The van der Waals surface area contributed by atoms with Crippen molar-refractivity contribution in [2.24, 2.45) is 5.92 Å². The van der Waals surface area contributed by atoms with Gasteiger partial charge in [-0.1, -0.05) is 0 Å². The van der Waals surface area contributed by atoms with E-state index in [1.165, 1.54) is 0 Å². The second kappa shape index (κ2) is 12.0. The van der Waals surface area contributed by atoms with Crippen molar-refractivity contribution < 1.29 is 44.7 Å². The van der Waals surface area contributed by atoms with E-state index in [2.05, 4.69) is 0 Å². The summed E-state index contributed by atoms with van der Waals surface area (Å²) in [6, 6.07) is 0. The maximum atomic E-state index is 8.46. The summed E-state index contributed by atoms with van der Waals surface area (Å²) >= 11 is 0. The average Bonchev–Trinajstić information content (AvgIpc) is 1.72. The average molecular weight is 335 g/mol. The predicted molar refractivity (Wildman–Crippen MR) is 30.5 cm³/mol. The van der Waals surface area contributed by atoms with Crippen LogP contribution in [0.15, 0.2) is 0 Å². The quantitative estimate of drug-likeness (QED) is 0.765. The fourth-order valence-electron chi connectivity index (χ4n) is 0.403. The third-order valence-corrected chi connectivity index (χ3v) is 1.07. The Morgan fingerprint density at radius 2 is 1.67 bits per heavy atom. The summed E-state index contributed by atoms with van der Waals surface area (Å²) in [5.41, 5.74) is 0. The van der Waals surface area contributed by atoms with Crippen LogP contribution in [-0.4, -0.2) is 11.7 Å². The van der Waals surface area contributed by atoms with Crippen LogP contribution in [0.25, 0.3) is 0 Å². The fourth-order valence-corrected chi connectivity index (χ4v) is 0.403. The topological polar surface area (TPSA) is 20.2 Å². The Hall–Kier alpha value is 1.23. The molecule has 0 unspecified atom stereocenters. The van der Waals surface area contributed by atoms with E-state index in [0.717, 1.165) is 0 Å². The maximum Gasteiger partial charge on any atom is 0 e. The molecule has 0 aromatic carbocycles. The van der Waals surface area contributed by atoms with E-state index in [-0.39, 0.29) is 46.2 Å². The van der Waals surface area contributed by atoms with Crippen molar-refractivity contribution in [1.29, 1.82) is 0 Å². The van der Waals surface area contributed by atoms with Crippen LogP contribution in [0.4, 0.5) is 0 Å². The third-order valence-electron chi connectivity index (χ3n) is 1.07. The monoisotopic (exact) mass is 335 g/mol. The zero-order valence-corrected chi connectivity index (χ0v) is 10.1. The number of aliphatic hydroxyl groups is 1. The van der Waals surface area contributed by atoms with E-state index in [0.29, 0.717) is 5.92 Å². The molecule has 0 spiro atoms. The summed E-state index contributed by atoms with van der Waals surface area (Å²) in [6.45, 7) is 4.13. The summed E-state index contributed by atoms with van der Waals surface area (Å²) in [6.07, 6.45) is 3.94. The zero-order valence-electron chi connectivity index (χ0n) is 5.74. The van der Waals surface area contributed by atoms with Crippen LogP contribution in [0.3, 0.4) is 0 Å². The molecule has 0 saturated heterocycles. The van der Waals surface area contributed by atoms with E-state index in [4.69, 9.17) is 5.11 Å². The van der Waals surface area contributed by atoms with Crippen molar-refractivity contribution in [3.05, 3.63) is 12.8 Å². The normalized spacial score (nSPS) is 8.00. The molecule has 0 fully saturated rings. The SMILES string of the molecule is C[CH-]C([CH-]C)CO.[V].[W]. The molecule has 1 nitrogen and oxygen atoms in total. The Labute approximate surface area is 83.8 Å². The standard InChI is InChI=1S/C6H12O.V.W/c1-3-6(4-2)5-7;;/h3-4,6-7H,5H2,1-2H3;;/q-2;;. The van der Waals surface area contributed by atoms with Gasteiger partial charge in [-0.3, -0.25) is 5.92 Å². The summed E-state index contributed by atoms with van der Waals surface area (Å²) in [7, 11) is 0. The Balaban J connectivity index is -0.000000180. The van der Waals surface area contributed by atoms with Crippen LogP contribution in [-0.2, 0) is 39.6 Å². The Kier molecular flexibility index (Phi) is 22.2. The van der Waals surface area contributed by atoms with Gasteiger partial charge in [0.2, 0.25) is 0 Å². The minimum atomic E-state index is 0. The van der Waals surface area contributed by atoms with Crippen LogP contribution < -0.4 is 0 Å². The molecule has 0 amide bonds. The molecule has 1 radical (unpaired) electrons. The number of hydrogen-bond donors (Lipinski definition) is 1. The second-order valence-corrected chi connectivity index (χ2v) is 1.51. The summed E-state index contributed by atoms with van der Waals surface area (Å²) in [5.74, 6) is 0.292. The fraction of sp³-hybridized carbons (Fsp3) is 0.667. The Morgan fingerprint density at radius 3 is 1.67 bits per heavy atom. The smallest absolute Gasteiger partial charge is 0 e. The zero-order chi connectivity index (χ0) is 5.70. The van der Waals surface area contributed by atoms with Crippen LogP contribution >= 0.6 is 0 Å². The first-order valence-electron chi connectivity index (χ1n) is 2.55. The summed E-state index contributed by atoms with van der Waals surface area (Å²) in [5, 5.41) is 8.46. The predicted octanol–water partition coefficient (Wildman–Crippen LogP) is 1.04. The number of rotatable bonds is 3. The molecule has 0 bridgehead atoms. The van der Waals surface area contributed by atoms with Crippen LogP contribution in [0.5, 0.6) is 0 Å². The number of aliphatic hydroxyl groups excluding tert-OH is 1. The van der Waals surface area contributed by atoms with Crippen molar-refractivity contribution in [3.63, 3.8) is 0 Å². The van der Waals surface area contributed by atoms with Crippen LogP contribution in [0.2, 0.25) is 0 Å². The van der Waals surface area contributed by atoms with Gasteiger partial charge in [0.05, 0.1) is 0 Å².